The van der Waals surface area contributed by atoms with Gasteiger partial charge in [0.15, 0.2) is 0 Å². The Morgan fingerprint density at radius 2 is 0.533 bits per heavy atom. The van der Waals surface area contributed by atoms with Crippen molar-refractivity contribution in [2.75, 3.05) is 0 Å². The van der Waals surface area contributed by atoms with E-state index in [2.05, 4.69) is 107 Å². The van der Waals surface area contributed by atoms with Crippen LogP contribution in [0.4, 0.5) is 0 Å². The number of fused-ring (bicyclic) bond motifs is 11. The summed E-state index contributed by atoms with van der Waals surface area (Å²) in [6, 6.07) is 0. The summed E-state index contributed by atoms with van der Waals surface area (Å²) in [4.78, 5) is 3.31. The van der Waals surface area contributed by atoms with Crippen molar-refractivity contribution >= 4 is 136 Å². The maximum Gasteiger partial charge on any atom is 0.0652 e. The Kier molecular flexibility index (Phi) is 10.9. The predicted octanol–water partition coefficient (Wildman–Crippen LogP) is 17.0. The summed E-state index contributed by atoms with van der Waals surface area (Å²) in [6.07, 6.45) is 25.0. The third kappa shape index (κ3) is 6.47. The topological polar surface area (TPSA) is 0 Å². The minimum absolute atomic E-state index is 1.27. The van der Waals surface area contributed by atoms with Gasteiger partial charge in [0, 0.05) is 9.75 Å². The summed E-state index contributed by atoms with van der Waals surface area (Å²) in [5.41, 5.74) is 3.16. The molecule has 0 saturated carbocycles. The lowest BCUT2D eigenvalue weighted by Gasteiger charge is -2.02. The van der Waals surface area contributed by atoms with Crippen LogP contribution in [-0.2, 0) is 12.8 Å². The molecule has 7 heterocycles. The van der Waals surface area contributed by atoms with Gasteiger partial charge < -0.3 is 0 Å². The van der Waals surface area contributed by atoms with E-state index in [0.29, 0.717) is 0 Å². The summed E-state index contributed by atoms with van der Waals surface area (Å²) in [5, 5.41) is 0. The Morgan fingerprint density at radius 1 is 0.289 bits per heavy atom. The lowest BCUT2D eigenvalue weighted by atomic mass is 10.1. The van der Waals surface area contributed by atoms with Gasteiger partial charge in [-0.3, -0.25) is 0 Å². The first kappa shape index (κ1) is 33.0. The summed E-state index contributed by atoms with van der Waals surface area (Å²) in [6.45, 7) is 9.41. The van der Waals surface area contributed by atoms with Crippen LogP contribution in [0.15, 0.2) is 0 Å². The van der Waals surface area contributed by atoms with E-state index in [1.54, 1.807) is 77.3 Å². The number of rotatable bonds is 18. The average molecular weight is 729 g/mol. The zero-order valence-corrected chi connectivity index (χ0v) is 33.3. The Bertz CT molecular complexity index is 1880. The van der Waals surface area contributed by atoms with Crippen LogP contribution in [0.3, 0.4) is 0 Å². The molecule has 0 aliphatic heterocycles. The normalized spacial score (nSPS) is 12.7. The first-order valence-electron chi connectivity index (χ1n) is 17.7. The van der Waals surface area contributed by atoms with Crippen LogP contribution in [0.2, 0.25) is 0 Å². The molecule has 0 spiro atoms. The van der Waals surface area contributed by atoms with E-state index in [9.17, 15) is 0 Å². The third-order valence-electron chi connectivity index (χ3n) is 9.77. The van der Waals surface area contributed by atoms with Gasteiger partial charge in [-0.2, -0.15) is 0 Å². The van der Waals surface area contributed by atoms with E-state index in [-0.39, 0.29) is 0 Å². The van der Waals surface area contributed by atoms with E-state index >= 15 is 0 Å². The molecule has 0 bridgehead atoms. The number of hydrogen-bond donors (Lipinski definition) is 0. The zero-order chi connectivity index (χ0) is 30.9. The number of unbranched alkanes of at least 4 members (excludes halogenated alkanes) is 14. The second-order valence-corrected chi connectivity index (χ2v) is 20.5. The molecule has 0 N–H and O–H groups in total. The van der Waals surface area contributed by atoms with Crippen LogP contribution in [0, 0.1) is 13.8 Å². The van der Waals surface area contributed by atoms with Crippen LogP contribution >= 0.6 is 79.4 Å². The summed E-state index contributed by atoms with van der Waals surface area (Å²) in [7, 11) is 0. The minimum Gasteiger partial charge on any atom is -0.138 e. The summed E-state index contributed by atoms with van der Waals surface area (Å²) in [5.74, 6) is 0. The molecule has 45 heavy (non-hydrogen) atoms. The molecule has 0 saturated heterocycles. The lowest BCUT2D eigenvalue weighted by molar-refractivity contribution is 0.576. The van der Waals surface area contributed by atoms with Crippen molar-refractivity contribution in [3.63, 3.8) is 0 Å². The molecule has 0 aromatic carbocycles. The Balaban J connectivity index is 1.07. The van der Waals surface area contributed by atoms with Crippen molar-refractivity contribution in [3.8, 4) is 0 Å². The van der Waals surface area contributed by atoms with E-state index in [0.717, 1.165) is 0 Å². The van der Waals surface area contributed by atoms with Crippen LogP contribution in [-0.4, -0.2) is 0 Å². The zero-order valence-electron chi connectivity index (χ0n) is 27.6. The largest absolute Gasteiger partial charge is 0.138 e. The molecule has 7 aromatic rings. The number of aryl methyl sites for hydroxylation is 4. The molecular weight excluding hydrogens is 681 g/mol. The summed E-state index contributed by atoms with van der Waals surface area (Å²) < 4.78 is 18.9. The fourth-order valence-corrected chi connectivity index (χ4v) is 18.0. The van der Waals surface area contributed by atoms with Crippen LogP contribution in [0.5, 0.6) is 0 Å². The molecule has 7 rings (SSSR count). The van der Waals surface area contributed by atoms with Gasteiger partial charge in [-0.15, -0.1) is 79.4 Å². The van der Waals surface area contributed by atoms with Crippen molar-refractivity contribution in [2.24, 2.45) is 0 Å². The maximum absolute atomic E-state index is 2.40. The molecule has 0 atom stereocenters. The number of thiophene rings is 7. The molecular formula is C38H48S7. The molecule has 0 aliphatic carbocycles. The molecule has 0 fully saturated rings. The Hall–Kier alpha value is -0.540. The molecule has 0 unspecified atom stereocenters. The average Bonchev–Trinajstić information content (AvgIpc) is 3.87. The van der Waals surface area contributed by atoms with Crippen molar-refractivity contribution < 1.29 is 0 Å². The summed E-state index contributed by atoms with van der Waals surface area (Å²) >= 11 is 14.7. The second-order valence-electron chi connectivity index (χ2n) is 13.2. The molecule has 0 nitrogen and oxygen atoms in total. The highest BCUT2D eigenvalue weighted by molar-refractivity contribution is 7.51. The highest BCUT2D eigenvalue weighted by Gasteiger charge is 2.25. The van der Waals surface area contributed by atoms with Gasteiger partial charge in [-0.1, -0.05) is 104 Å². The van der Waals surface area contributed by atoms with Crippen molar-refractivity contribution in [1.82, 2.24) is 0 Å². The predicted molar refractivity (Wildman–Crippen MR) is 219 cm³/mol. The van der Waals surface area contributed by atoms with Crippen molar-refractivity contribution in [3.05, 3.63) is 20.9 Å². The fourth-order valence-electron chi connectivity index (χ4n) is 7.02. The van der Waals surface area contributed by atoms with Crippen molar-refractivity contribution in [2.45, 2.75) is 143 Å². The minimum atomic E-state index is 1.27. The van der Waals surface area contributed by atoms with Crippen molar-refractivity contribution in [1.29, 1.82) is 0 Å². The lowest BCUT2D eigenvalue weighted by Crippen LogP contribution is -1.85. The molecule has 0 radical (unpaired) electrons. The van der Waals surface area contributed by atoms with E-state index < -0.39 is 0 Å². The molecule has 7 aromatic heterocycles. The first-order valence-corrected chi connectivity index (χ1v) is 23.4. The Labute approximate surface area is 297 Å². The van der Waals surface area contributed by atoms with Crippen LogP contribution < -0.4 is 0 Å². The van der Waals surface area contributed by atoms with Crippen LogP contribution in [0.25, 0.3) is 56.4 Å². The number of hydrogen-bond acceptors (Lipinski definition) is 7. The van der Waals surface area contributed by atoms with Gasteiger partial charge in [0.1, 0.15) is 0 Å². The molecule has 0 aliphatic rings. The molecule has 242 valence electrons. The highest BCUT2D eigenvalue weighted by atomic mass is 32.1. The third-order valence-corrected chi connectivity index (χ3v) is 20.3. The first-order chi connectivity index (χ1) is 22.1. The maximum atomic E-state index is 2.40. The van der Waals surface area contributed by atoms with Gasteiger partial charge in [0.2, 0.25) is 0 Å². The highest BCUT2D eigenvalue weighted by Crippen LogP contribution is 2.58. The van der Waals surface area contributed by atoms with E-state index in [1.165, 1.54) is 116 Å². The molecule has 7 heteroatoms. The van der Waals surface area contributed by atoms with Gasteiger partial charge in [0.25, 0.3) is 0 Å². The van der Waals surface area contributed by atoms with Gasteiger partial charge in [-0.05, 0) is 50.7 Å². The molecule has 0 amide bonds. The fraction of sp³-hybridized carbons (Fsp3) is 0.579. The monoisotopic (exact) mass is 728 g/mol. The standard InChI is InChI=1S/C38H48S7/c1-5-7-9-11-13-15-17-19-21-25-23(3)27-29(39-25)31-33(41-27)35-37(43-31)38-36(45-35)34-32(44-38)30-28(42-34)24(4)26(40-30)22-20-18-16-14-12-10-8-6-2/h5-22H2,1-4H3. The SMILES string of the molecule is CCCCCCCCCCc1sc2c(sc3c2sc2c3sc3c4sc5c(C)c(CCCCCCCCCC)sc5c4sc32)c1C. The van der Waals surface area contributed by atoms with Gasteiger partial charge in [0.05, 0.1) is 56.4 Å². The Morgan fingerprint density at radius 3 is 0.844 bits per heavy atom. The van der Waals surface area contributed by atoms with E-state index in [1.807, 2.05) is 0 Å². The second kappa shape index (κ2) is 14.9. The quantitative estimate of drug-likeness (QED) is 0.0772. The van der Waals surface area contributed by atoms with Gasteiger partial charge in [-0.25, -0.2) is 0 Å². The van der Waals surface area contributed by atoms with E-state index in [4.69, 9.17) is 0 Å². The van der Waals surface area contributed by atoms with Crippen LogP contribution in [0.1, 0.15) is 137 Å². The smallest absolute Gasteiger partial charge is 0.0652 e. The van der Waals surface area contributed by atoms with Gasteiger partial charge >= 0.3 is 0 Å².